The lowest BCUT2D eigenvalue weighted by Gasteiger charge is -2.19. The van der Waals surface area contributed by atoms with Crippen molar-refractivity contribution in [3.05, 3.63) is 35.9 Å². The molecule has 0 aromatic heterocycles. The van der Waals surface area contributed by atoms with Crippen molar-refractivity contribution in [3.8, 4) is 0 Å². The lowest BCUT2D eigenvalue weighted by molar-refractivity contribution is 0.0533. The Hall–Kier alpha value is -2.50. The van der Waals surface area contributed by atoms with E-state index in [1.807, 2.05) is 65.8 Å². The van der Waals surface area contributed by atoms with Crippen LogP contribution >= 0.6 is 0 Å². The fraction of sp³-hybridized carbons (Fsp3) is 0.474. The van der Waals surface area contributed by atoms with Gasteiger partial charge in [0, 0.05) is 12.2 Å². The molecular formula is C19H28N2O4. The Kier molecular flexibility index (Phi) is 7.03. The number of anilines is 1. The van der Waals surface area contributed by atoms with Crippen molar-refractivity contribution in [2.24, 2.45) is 0 Å². The van der Waals surface area contributed by atoms with Crippen LogP contribution in [-0.2, 0) is 9.47 Å². The van der Waals surface area contributed by atoms with Gasteiger partial charge in [0.1, 0.15) is 11.2 Å². The Morgan fingerprint density at radius 1 is 1.00 bits per heavy atom. The number of nitrogens with one attached hydrogen (secondary N) is 2. The van der Waals surface area contributed by atoms with Crippen LogP contribution in [0.15, 0.2) is 30.3 Å². The van der Waals surface area contributed by atoms with E-state index in [-0.39, 0.29) is 0 Å². The molecule has 0 spiro atoms. The van der Waals surface area contributed by atoms with E-state index < -0.39 is 23.4 Å². The molecular weight excluding hydrogens is 320 g/mol. The molecule has 0 bridgehead atoms. The smallest absolute Gasteiger partial charge is 0.412 e. The molecule has 6 nitrogen and oxygen atoms in total. The number of carbonyl (C=O) groups excluding carboxylic acids is 2. The molecule has 0 fully saturated rings. The van der Waals surface area contributed by atoms with Crippen molar-refractivity contribution in [2.75, 3.05) is 11.9 Å². The van der Waals surface area contributed by atoms with E-state index in [2.05, 4.69) is 10.6 Å². The van der Waals surface area contributed by atoms with Gasteiger partial charge in [-0.05, 0) is 59.2 Å². The fourth-order valence-electron chi connectivity index (χ4n) is 1.79. The van der Waals surface area contributed by atoms with Gasteiger partial charge in [0.05, 0.1) is 0 Å². The first kappa shape index (κ1) is 20.5. The Labute approximate surface area is 149 Å². The molecule has 138 valence electrons. The molecule has 0 atom stereocenters. The molecule has 0 heterocycles. The maximum atomic E-state index is 11.8. The predicted octanol–water partition coefficient (Wildman–Crippen LogP) is 4.57. The van der Waals surface area contributed by atoms with Crippen molar-refractivity contribution in [1.82, 2.24) is 5.32 Å². The van der Waals surface area contributed by atoms with E-state index in [4.69, 9.17) is 9.47 Å². The number of amides is 2. The van der Waals surface area contributed by atoms with Crippen LogP contribution in [0.5, 0.6) is 0 Å². The van der Waals surface area contributed by atoms with Crippen LogP contribution < -0.4 is 10.6 Å². The summed E-state index contributed by atoms with van der Waals surface area (Å²) < 4.78 is 10.4. The van der Waals surface area contributed by atoms with Crippen LogP contribution in [0.1, 0.15) is 47.1 Å². The first-order chi connectivity index (χ1) is 11.4. The molecule has 1 aromatic carbocycles. The normalized spacial score (nSPS) is 11.9. The maximum absolute atomic E-state index is 11.8. The van der Waals surface area contributed by atoms with Gasteiger partial charge in [-0.1, -0.05) is 24.3 Å². The van der Waals surface area contributed by atoms with Crippen molar-refractivity contribution in [3.63, 3.8) is 0 Å². The third-order valence-electron chi connectivity index (χ3n) is 2.61. The highest BCUT2D eigenvalue weighted by Crippen LogP contribution is 2.14. The van der Waals surface area contributed by atoms with Gasteiger partial charge in [-0.15, -0.1) is 0 Å². The number of rotatable bonds is 4. The van der Waals surface area contributed by atoms with Crippen LogP contribution in [0, 0.1) is 0 Å². The minimum atomic E-state index is -0.547. The molecule has 0 saturated heterocycles. The monoisotopic (exact) mass is 348 g/mol. The molecule has 1 aromatic rings. The second kappa shape index (κ2) is 8.55. The summed E-state index contributed by atoms with van der Waals surface area (Å²) in [6.07, 6.45) is 2.69. The van der Waals surface area contributed by atoms with Crippen molar-refractivity contribution < 1.29 is 19.1 Å². The molecule has 25 heavy (non-hydrogen) atoms. The van der Waals surface area contributed by atoms with Gasteiger partial charge in [-0.2, -0.15) is 0 Å². The Bertz CT molecular complexity index is 625. The van der Waals surface area contributed by atoms with E-state index in [9.17, 15) is 9.59 Å². The summed E-state index contributed by atoms with van der Waals surface area (Å²) >= 11 is 0. The number of carbonyl (C=O) groups is 2. The van der Waals surface area contributed by atoms with E-state index in [0.29, 0.717) is 12.2 Å². The summed E-state index contributed by atoms with van der Waals surface area (Å²) in [6.45, 7) is 11.2. The average molecular weight is 348 g/mol. The lowest BCUT2D eigenvalue weighted by atomic mass is 10.2. The Morgan fingerprint density at radius 3 is 2.20 bits per heavy atom. The molecule has 0 unspecified atom stereocenters. The zero-order chi connectivity index (χ0) is 19.1. The Morgan fingerprint density at radius 2 is 1.60 bits per heavy atom. The molecule has 6 heteroatoms. The fourth-order valence-corrected chi connectivity index (χ4v) is 1.79. The maximum Gasteiger partial charge on any atom is 0.412 e. The van der Waals surface area contributed by atoms with Crippen LogP contribution in [0.25, 0.3) is 6.08 Å². The third-order valence-corrected chi connectivity index (χ3v) is 2.61. The van der Waals surface area contributed by atoms with Gasteiger partial charge in [-0.3, -0.25) is 5.32 Å². The molecule has 1 rings (SSSR count). The molecule has 0 saturated carbocycles. The lowest BCUT2D eigenvalue weighted by Crippen LogP contribution is -2.32. The summed E-state index contributed by atoms with van der Waals surface area (Å²) in [5, 5.41) is 5.33. The average Bonchev–Trinajstić information content (AvgIpc) is 2.40. The van der Waals surface area contributed by atoms with Gasteiger partial charge < -0.3 is 14.8 Å². The minimum absolute atomic E-state index is 0.346. The quantitative estimate of drug-likeness (QED) is 0.835. The second-order valence-electron chi connectivity index (χ2n) is 7.54. The van der Waals surface area contributed by atoms with Gasteiger partial charge in [-0.25, -0.2) is 9.59 Å². The van der Waals surface area contributed by atoms with Gasteiger partial charge in [0.25, 0.3) is 0 Å². The van der Waals surface area contributed by atoms with Crippen LogP contribution in [0.4, 0.5) is 15.3 Å². The number of benzene rings is 1. The van der Waals surface area contributed by atoms with E-state index >= 15 is 0 Å². The summed E-state index contributed by atoms with van der Waals surface area (Å²) in [7, 11) is 0. The molecule has 2 N–H and O–H groups in total. The molecule has 0 aliphatic carbocycles. The van der Waals surface area contributed by atoms with Crippen molar-refractivity contribution >= 4 is 23.9 Å². The number of hydrogen-bond donors (Lipinski definition) is 2. The standard InChI is InChI=1S/C19H28N2O4/c1-18(2,3)24-16(22)20-12-8-10-14-9-7-11-15(13-14)21-17(23)25-19(4,5)6/h7-11,13H,12H2,1-6H3,(H,20,22)(H,21,23). The predicted molar refractivity (Wildman–Crippen MR) is 99.6 cm³/mol. The van der Waals surface area contributed by atoms with Crippen LogP contribution in [0.3, 0.4) is 0 Å². The second-order valence-corrected chi connectivity index (χ2v) is 7.54. The van der Waals surface area contributed by atoms with Crippen molar-refractivity contribution in [1.29, 1.82) is 0 Å². The van der Waals surface area contributed by atoms with Gasteiger partial charge in [0.2, 0.25) is 0 Å². The highest BCUT2D eigenvalue weighted by Gasteiger charge is 2.16. The van der Waals surface area contributed by atoms with Gasteiger partial charge >= 0.3 is 12.2 Å². The van der Waals surface area contributed by atoms with Crippen LogP contribution in [-0.4, -0.2) is 29.9 Å². The van der Waals surface area contributed by atoms with Crippen molar-refractivity contribution in [2.45, 2.75) is 52.7 Å². The zero-order valence-corrected chi connectivity index (χ0v) is 15.8. The topological polar surface area (TPSA) is 76.7 Å². The largest absolute Gasteiger partial charge is 0.444 e. The van der Waals surface area contributed by atoms with E-state index in [1.165, 1.54) is 0 Å². The number of ether oxygens (including phenoxy) is 2. The molecule has 0 aliphatic rings. The number of alkyl carbamates (subject to hydrolysis) is 1. The highest BCUT2D eigenvalue weighted by atomic mass is 16.6. The zero-order valence-electron chi connectivity index (χ0n) is 15.8. The molecule has 0 radical (unpaired) electrons. The first-order valence-corrected chi connectivity index (χ1v) is 8.18. The summed E-state index contributed by atoms with van der Waals surface area (Å²) in [4.78, 5) is 23.3. The highest BCUT2D eigenvalue weighted by molar-refractivity contribution is 5.85. The minimum Gasteiger partial charge on any atom is -0.444 e. The summed E-state index contributed by atoms with van der Waals surface area (Å²) in [5.41, 5.74) is 0.459. The molecule has 0 aliphatic heterocycles. The first-order valence-electron chi connectivity index (χ1n) is 8.18. The van der Waals surface area contributed by atoms with Crippen LogP contribution in [0.2, 0.25) is 0 Å². The Balaban J connectivity index is 2.52. The SMILES string of the molecule is CC(C)(C)OC(=O)NCC=Cc1cccc(NC(=O)OC(C)(C)C)c1. The number of hydrogen-bond acceptors (Lipinski definition) is 4. The summed E-state index contributed by atoms with van der Waals surface area (Å²) in [6, 6.07) is 7.31. The van der Waals surface area contributed by atoms with Gasteiger partial charge in [0.15, 0.2) is 0 Å². The van der Waals surface area contributed by atoms with E-state index in [1.54, 1.807) is 12.1 Å². The summed E-state index contributed by atoms with van der Waals surface area (Å²) in [5.74, 6) is 0. The third kappa shape index (κ3) is 10.1. The van der Waals surface area contributed by atoms with E-state index in [0.717, 1.165) is 5.56 Å². The molecule has 2 amide bonds.